The third kappa shape index (κ3) is 1.61. The number of rotatable bonds is 3. The lowest BCUT2D eigenvalue weighted by molar-refractivity contribution is -0.110. The van der Waals surface area contributed by atoms with Crippen LogP contribution >= 0.6 is 0 Å². The molecule has 2 aliphatic rings. The zero-order valence-electron chi connectivity index (χ0n) is 10.6. The van der Waals surface area contributed by atoms with E-state index in [1.807, 2.05) is 6.07 Å². The first-order chi connectivity index (χ1) is 9.44. The highest BCUT2D eigenvalue weighted by atomic mass is 32.2. The fourth-order valence-electron chi connectivity index (χ4n) is 2.83. The van der Waals surface area contributed by atoms with E-state index < -0.39 is 26.4 Å². The second-order valence-corrected chi connectivity index (χ2v) is 7.17. The van der Waals surface area contributed by atoms with E-state index >= 15 is 0 Å². The molecule has 0 spiro atoms. The molecular formula is C13H11NO5S. The standard InChI is InChI=1S/C13H11NO5S/c1-20(16,17)12-11(13(12,5-14)6-15)8-2-3-9-10(4-8)19-7-18-9/h2-4,6,11-12H,7H2,1H3/t11-,12+,13-/m0/s1. The number of benzene rings is 1. The van der Waals surface area contributed by atoms with Gasteiger partial charge in [-0.25, -0.2) is 8.42 Å². The van der Waals surface area contributed by atoms with Crippen LogP contribution in [-0.2, 0) is 14.6 Å². The molecule has 20 heavy (non-hydrogen) atoms. The summed E-state index contributed by atoms with van der Waals surface area (Å²) in [4.78, 5) is 11.3. The van der Waals surface area contributed by atoms with Crippen LogP contribution in [0.1, 0.15) is 11.5 Å². The summed E-state index contributed by atoms with van der Waals surface area (Å²) in [7, 11) is -3.50. The molecule has 7 heteroatoms. The minimum atomic E-state index is -3.50. The summed E-state index contributed by atoms with van der Waals surface area (Å²) in [6.45, 7) is 0.107. The first-order valence-electron chi connectivity index (χ1n) is 5.90. The number of fused-ring (bicyclic) bond motifs is 1. The zero-order chi connectivity index (χ0) is 14.5. The Hall–Kier alpha value is -2.07. The molecule has 1 aliphatic carbocycles. The molecule has 3 rings (SSSR count). The largest absolute Gasteiger partial charge is 0.454 e. The summed E-state index contributed by atoms with van der Waals surface area (Å²) in [5, 5.41) is 8.21. The van der Waals surface area contributed by atoms with E-state index in [1.54, 1.807) is 18.2 Å². The van der Waals surface area contributed by atoms with Crippen molar-refractivity contribution in [3.63, 3.8) is 0 Å². The molecule has 1 fully saturated rings. The van der Waals surface area contributed by atoms with Crippen molar-refractivity contribution in [2.24, 2.45) is 5.41 Å². The van der Waals surface area contributed by atoms with Gasteiger partial charge in [0.1, 0.15) is 11.7 Å². The predicted octanol–water partition coefficient (Wildman–Crippen LogP) is 0.635. The Kier molecular flexibility index (Phi) is 2.56. The minimum absolute atomic E-state index is 0.107. The Bertz CT molecular complexity index is 736. The average Bonchev–Trinajstić information content (AvgIpc) is 2.89. The molecule has 104 valence electrons. The number of carbonyl (C=O) groups excluding carboxylic acids is 1. The lowest BCUT2D eigenvalue weighted by Crippen LogP contribution is -2.14. The molecule has 3 atom stereocenters. The summed E-state index contributed by atoms with van der Waals surface area (Å²) in [5.74, 6) is 0.410. The van der Waals surface area contributed by atoms with E-state index in [1.165, 1.54) is 0 Å². The van der Waals surface area contributed by atoms with Gasteiger partial charge in [-0.15, -0.1) is 0 Å². The summed E-state index contributed by atoms with van der Waals surface area (Å²) >= 11 is 0. The lowest BCUT2D eigenvalue weighted by Gasteiger charge is -2.02. The van der Waals surface area contributed by atoms with Crippen molar-refractivity contribution in [1.29, 1.82) is 5.26 Å². The van der Waals surface area contributed by atoms with E-state index in [0.29, 0.717) is 23.3 Å². The van der Waals surface area contributed by atoms with E-state index in [4.69, 9.17) is 9.47 Å². The summed E-state index contributed by atoms with van der Waals surface area (Å²) < 4.78 is 34.0. The number of sulfone groups is 1. The SMILES string of the molecule is CS(=O)(=O)[C@@H]1[C@H](c2ccc3c(c2)OCO3)[C@]1(C#N)C=O. The van der Waals surface area contributed by atoms with Gasteiger partial charge in [0.05, 0.1) is 11.3 Å². The van der Waals surface area contributed by atoms with Gasteiger partial charge in [0.25, 0.3) is 0 Å². The average molecular weight is 293 g/mol. The van der Waals surface area contributed by atoms with Gasteiger partial charge in [-0.05, 0) is 17.7 Å². The van der Waals surface area contributed by atoms with Crippen molar-refractivity contribution in [2.75, 3.05) is 13.0 Å². The molecule has 0 aromatic heterocycles. The highest BCUT2D eigenvalue weighted by Gasteiger charge is 2.71. The number of hydrogen-bond donors (Lipinski definition) is 0. The van der Waals surface area contributed by atoms with Gasteiger partial charge in [0, 0.05) is 12.2 Å². The first-order valence-corrected chi connectivity index (χ1v) is 7.85. The Labute approximate surface area is 115 Å². The van der Waals surface area contributed by atoms with Gasteiger partial charge >= 0.3 is 0 Å². The fourth-order valence-corrected chi connectivity index (χ4v) is 4.59. The van der Waals surface area contributed by atoms with Gasteiger partial charge in [0.15, 0.2) is 21.3 Å². The van der Waals surface area contributed by atoms with Gasteiger partial charge in [-0.2, -0.15) is 5.26 Å². The third-order valence-electron chi connectivity index (χ3n) is 3.78. The molecule has 0 unspecified atom stereocenters. The van der Waals surface area contributed by atoms with Crippen LogP contribution in [0, 0.1) is 16.7 Å². The monoisotopic (exact) mass is 293 g/mol. The molecule has 1 aliphatic heterocycles. The van der Waals surface area contributed by atoms with Crippen molar-refractivity contribution < 1.29 is 22.7 Å². The second kappa shape index (κ2) is 3.96. The number of ether oxygens (including phenoxy) is 2. The van der Waals surface area contributed by atoms with Crippen LogP contribution in [0.2, 0.25) is 0 Å². The maximum atomic E-state index is 11.8. The zero-order valence-corrected chi connectivity index (χ0v) is 11.4. The molecule has 0 radical (unpaired) electrons. The van der Waals surface area contributed by atoms with Gasteiger partial charge in [0.2, 0.25) is 6.79 Å². The molecular weight excluding hydrogens is 282 g/mol. The molecule has 1 saturated carbocycles. The van der Waals surface area contributed by atoms with E-state index in [0.717, 1.165) is 6.26 Å². The van der Waals surface area contributed by atoms with Crippen LogP contribution in [0.15, 0.2) is 18.2 Å². The Morgan fingerprint density at radius 1 is 1.40 bits per heavy atom. The Morgan fingerprint density at radius 2 is 2.10 bits per heavy atom. The predicted molar refractivity (Wildman–Crippen MR) is 68.0 cm³/mol. The molecule has 1 heterocycles. The quantitative estimate of drug-likeness (QED) is 0.759. The second-order valence-electron chi connectivity index (χ2n) is 5.00. The van der Waals surface area contributed by atoms with Crippen LogP contribution in [0.4, 0.5) is 0 Å². The lowest BCUT2D eigenvalue weighted by atomic mass is 10.0. The van der Waals surface area contributed by atoms with Gasteiger partial charge in [-0.1, -0.05) is 6.07 Å². The van der Waals surface area contributed by atoms with Crippen molar-refractivity contribution >= 4 is 16.1 Å². The minimum Gasteiger partial charge on any atom is -0.454 e. The number of carbonyl (C=O) groups is 1. The fraction of sp³-hybridized carbons (Fsp3) is 0.385. The number of aldehydes is 1. The number of nitriles is 1. The van der Waals surface area contributed by atoms with Crippen LogP contribution in [0.5, 0.6) is 11.5 Å². The van der Waals surface area contributed by atoms with Crippen LogP contribution in [0.25, 0.3) is 0 Å². The van der Waals surface area contributed by atoms with Gasteiger partial charge < -0.3 is 14.3 Å². The third-order valence-corrected chi connectivity index (χ3v) is 5.37. The summed E-state index contributed by atoms with van der Waals surface area (Å²) in [6, 6.07) is 6.81. The molecule has 0 amide bonds. The maximum Gasteiger partial charge on any atom is 0.231 e. The molecule has 6 nitrogen and oxygen atoms in total. The van der Waals surface area contributed by atoms with Crippen molar-refractivity contribution in [3.8, 4) is 17.6 Å². The molecule has 0 N–H and O–H groups in total. The Balaban J connectivity index is 2.06. The van der Waals surface area contributed by atoms with Crippen LogP contribution in [0.3, 0.4) is 0 Å². The highest BCUT2D eigenvalue weighted by Crippen LogP contribution is 2.61. The molecule has 1 aromatic carbocycles. The molecule has 0 saturated heterocycles. The molecule has 1 aromatic rings. The van der Waals surface area contributed by atoms with Crippen LogP contribution in [-0.4, -0.2) is 33.0 Å². The van der Waals surface area contributed by atoms with Crippen molar-refractivity contribution in [1.82, 2.24) is 0 Å². The summed E-state index contributed by atoms with van der Waals surface area (Å²) in [5.41, 5.74) is -0.903. The van der Waals surface area contributed by atoms with Crippen molar-refractivity contribution in [2.45, 2.75) is 11.2 Å². The number of nitrogens with zero attached hydrogens (tertiary/aromatic N) is 1. The van der Waals surface area contributed by atoms with Crippen molar-refractivity contribution in [3.05, 3.63) is 23.8 Å². The topological polar surface area (TPSA) is 93.5 Å². The smallest absolute Gasteiger partial charge is 0.231 e. The maximum absolute atomic E-state index is 11.8. The normalized spacial score (nSPS) is 30.6. The van der Waals surface area contributed by atoms with Crippen LogP contribution < -0.4 is 9.47 Å². The number of hydrogen-bond acceptors (Lipinski definition) is 6. The van der Waals surface area contributed by atoms with E-state index in [9.17, 15) is 18.5 Å². The van der Waals surface area contributed by atoms with E-state index in [2.05, 4.69) is 0 Å². The Morgan fingerprint density at radius 3 is 2.65 bits per heavy atom. The van der Waals surface area contributed by atoms with Gasteiger partial charge in [-0.3, -0.25) is 0 Å². The first kappa shape index (κ1) is 12.9. The molecule has 0 bridgehead atoms. The summed E-state index contributed by atoms with van der Waals surface area (Å²) in [6.07, 6.45) is 1.48. The van der Waals surface area contributed by atoms with E-state index in [-0.39, 0.29) is 6.79 Å². The highest BCUT2D eigenvalue weighted by molar-refractivity contribution is 7.91.